The maximum atomic E-state index is 13.6. The van der Waals surface area contributed by atoms with Gasteiger partial charge in [0.25, 0.3) is 30.4 Å². The highest BCUT2D eigenvalue weighted by Crippen LogP contribution is 2.48. The Hall–Kier alpha value is -5.77. The van der Waals surface area contributed by atoms with E-state index in [1.807, 2.05) is 0 Å². The molecule has 59 heavy (non-hydrogen) atoms. The lowest BCUT2D eigenvalue weighted by atomic mass is 10.1. The number of rotatable bonds is 14. The van der Waals surface area contributed by atoms with Crippen LogP contribution in [0.15, 0.2) is 101 Å². The molecule has 24 nitrogen and oxygen atoms in total. The van der Waals surface area contributed by atoms with E-state index < -0.39 is 135 Å². The van der Waals surface area contributed by atoms with Crippen molar-refractivity contribution >= 4 is 101 Å². The molecule has 314 valence electrons. The van der Waals surface area contributed by atoms with Crippen LogP contribution in [0.5, 0.6) is 5.75 Å². The first-order valence-corrected chi connectivity index (χ1v) is 22.4. The Labute approximate surface area is 330 Å². The van der Waals surface area contributed by atoms with Crippen LogP contribution >= 0.6 is 0 Å². The normalized spacial score (nSPS) is 13.1. The number of nitrogens with zero attached hydrogens (tertiary/aromatic N) is 6. The molecule has 0 aliphatic rings. The monoisotopic (exact) mass is 924 g/mol. The largest absolute Gasteiger partial charge is 0.505 e. The summed E-state index contributed by atoms with van der Waals surface area (Å²) < 4.78 is 190. The van der Waals surface area contributed by atoms with Crippen molar-refractivity contribution in [2.75, 3.05) is 23.4 Å². The average Bonchev–Trinajstić information content (AvgIpc) is 3.08. The molecule has 0 aliphatic carbocycles. The van der Waals surface area contributed by atoms with Crippen molar-refractivity contribution in [2.45, 2.75) is 19.6 Å². The van der Waals surface area contributed by atoms with Crippen LogP contribution in [0.3, 0.4) is 0 Å². The quantitative estimate of drug-likeness (QED) is 0.0271. The molecule has 0 fully saturated rings. The summed E-state index contributed by atoms with van der Waals surface area (Å²) in [4.78, 5) is 2.30. The molecule has 0 unspecified atom stereocenters. The number of hydrogen-bond donors (Lipinski definition) is 7. The standard InChI is InChI=1S/C28H22F2N8O16S5/c29-21-12-22(34-28(30)33-21)32-15-3-6-18(56(42,43)44)17(11-15)36-38-26-20(58(48,49)50)10-13-9-19(57(45,46)47)25(24(31)23(13)27(26)39)37-35-14-1-4-16(5-2-14)55(40,41)8-7-54-59(51,52)53/h1-6,9-12,39H,7-8,31H2,(H,32,33,34)(H,42,43,44)(H,45,46,47)(H,48,49,50)(H,51,52,53)/b37-35+,38-36+. The van der Waals surface area contributed by atoms with Crippen molar-refractivity contribution in [3.8, 4) is 5.75 Å². The first-order valence-electron chi connectivity index (χ1n) is 15.1. The summed E-state index contributed by atoms with van der Waals surface area (Å²) in [5.41, 5.74) is 2.02. The molecule has 0 amide bonds. The number of nitrogens with two attached hydrogens (primary N) is 1. The minimum Gasteiger partial charge on any atom is -0.505 e. The van der Waals surface area contributed by atoms with Crippen LogP contribution in [-0.2, 0) is 54.8 Å². The second kappa shape index (κ2) is 16.1. The Morgan fingerprint density at radius 2 is 1.27 bits per heavy atom. The molecule has 31 heteroatoms. The minimum atomic E-state index is -5.45. The lowest BCUT2D eigenvalue weighted by Gasteiger charge is -2.14. The SMILES string of the molecule is Nc1c(/N=N/c2ccc(S(=O)(=O)CCOS(=O)(=O)O)cc2)c(S(=O)(=O)O)cc2cc(S(=O)(=O)O)c(/N=N/c3cc(Nc4cc(F)nc(F)n4)ccc3S(=O)(=O)O)c(O)c12. The van der Waals surface area contributed by atoms with Gasteiger partial charge in [0.2, 0.25) is 5.95 Å². The molecule has 4 aromatic carbocycles. The predicted octanol–water partition coefficient (Wildman–Crippen LogP) is 4.10. The van der Waals surface area contributed by atoms with Gasteiger partial charge in [0, 0.05) is 11.8 Å². The van der Waals surface area contributed by atoms with Crippen LogP contribution in [0.4, 0.5) is 48.7 Å². The summed E-state index contributed by atoms with van der Waals surface area (Å²) in [5, 5.41) is 27.0. The Morgan fingerprint density at radius 3 is 1.83 bits per heavy atom. The number of hydrogen-bond acceptors (Lipinski definition) is 20. The van der Waals surface area contributed by atoms with E-state index in [2.05, 4.69) is 39.9 Å². The van der Waals surface area contributed by atoms with Crippen LogP contribution in [-0.4, -0.2) is 87.7 Å². The molecule has 5 rings (SSSR count). The number of aromatic hydroxyl groups is 1. The number of halogens is 2. The molecule has 1 aromatic heterocycles. The van der Waals surface area contributed by atoms with Crippen molar-refractivity contribution in [1.82, 2.24) is 9.97 Å². The smallest absolute Gasteiger partial charge is 0.397 e. The lowest BCUT2D eigenvalue weighted by Crippen LogP contribution is -2.15. The van der Waals surface area contributed by atoms with Gasteiger partial charge in [-0.2, -0.15) is 57.5 Å². The maximum Gasteiger partial charge on any atom is 0.397 e. The number of phenols is 1. The fourth-order valence-corrected chi connectivity index (χ4v) is 8.32. The molecule has 0 radical (unpaired) electrons. The molecule has 0 aliphatic heterocycles. The minimum absolute atomic E-state index is 0.194. The zero-order chi connectivity index (χ0) is 43.9. The Bertz CT molecular complexity index is 3150. The molecule has 5 aromatic rings. The second-order valence-corrected chi connectivity index (χ2v) is 18.7. The Morgan fingerprint density at radius 1 is 0.695 bits per heavy atom. The highest BCUT2D eigenvalue weighted by molar-refractivity contribution is 7.91. The maximum absolute atomic E-state index is 13.6. The van der Waals surface area contributed by atoms with Gasteiger partial charge in [-0.1, -0.05) is 0 Å². The van der Waals surface area contributed by atoms with E-state index in [-0.39, 0.29) is 16.3 Å². The van der Waals surface area contributed by atoms with Gasteiger partial charge in [-0.25, -0.2) is 12.6 Å². The zero-order valence-corrected chi connectivity index (χ0v) is 32.6. The number of benzene rings is 4. The molecule has 0 bridgehead atoms. The summed E-state index contributed by atoms with van der Waals surface area (Å²) in [5.74, 6) is -3.96. The number of aromatic nitrogens is 2. The average molecular weight is 925 g/mol. The fourth-order valence-electron chi connectivity index (χ4n) is 4.90. The number of nitrogens with one attached hydrogen (secondary N) is 1. The summed E-state index contributed by atoms with van der Waals surface area (Å²) >= 11 is 0. The summed E-state index contributed by atoms with van der Waals surface area (Å²) in [6.45, 7) is -0.933. The van der Waals surface area contributed by atoms with Crippen LogP contribution in [0.1, 0.15) is 0 Å². The Kier molecular flexibility index (Phi) is 12.1. The van der Waals surface area contributed by atoms with Gasteiger partial charge < -0.3 is 16.2 Å². The van der Waals surface area contributed by atoms with E-state index in [0.717, 1.165) is 42.5 Å². The number of anilines is 3. The van der Waals surface area contributed by atoms with Crippen LogP contribution < -0.4 is 11.1 Å². The number of phenolic OH excluding ortho intramolecular Hbond substituents is 1. The fraction of sp³-hybridized carbons (Fsp3) is 0.0714. The van der Waals surface area contributed by atoms with E-state index in [4.69, 9.17) is 10.3 Å². The number of fused-ring (bicyclic) bond motifs is 1. The first kappa shape index (κ1) is 44.3. The van der Waals surface area contributed by atoms with E-state index in [1.165, 1.54) is 0 Å². The van der Waals surface area contributed by atoms with Crippen molar-refractivity contribution in [3.63, 3.8) is 0 Å². The van der Waals surface area contributed by atoms with Gasteiger partial charge in [-0.3, -0.25) is 18.2 Å². The van der Waals surface area contributed by atoms with Crippen LogP contribution in [0.25, 0.3) is 10.8 Å². The van der Waals surface area contributed by atoms with Crippen molar-refractivity contribution in [3.05, 3.63) is 72.7 Å². The molecule has 1 heterocycles. The summed E-state index contributed by atoms with van der Waals surface area (Å²) in [6.07, 6.45) is -1.49. The third-order valence-corrected chi connectivity index (χ3v) is 12.1. The third kappa shape index (κ3) is 10.7. The third-order valence-electron chi connectivity index (χ3n) is 7.35. The van der Waals surface area contributed by atoms with Gasteiger partial charge in [0.1, 0.15) is 37.6 Å². The van der Waals surface area contributed by atoms with Crippen molar-refractivity contribution in [1.29, 1.82) is 0 Å². The molecular weight excluding hydrogens is 903 g/mol. The molecule has 8 N–H and O–H groups in total. The second-order valence-electron chi connectivity index (χ2n) is 11.3. The lowest BCUT2D eigenvalue weighted by molar-refractivity contribution is 0.284. The molecule has 0 spiro atoms. The zero-order valence-electron chi connectivity index (χ0n) is 28.5. The van der Waals surface area contributed by atoms with Gasteiger partial charge >= 0.3 is 16.5 Å². The van der Waals surface area contributed by atoms with Gasteiger partial charge in [-0.05, 0) is 60.0 Å². The van der Waals surface area contributed by atoms with E-state index in [1.54, 1.807) is 0 Å². The van der Waals surface area contributed by atoms with Gasteiger partial charge in [0.15, 0.2) is 15.6 Å². The highest BCUT2D eigenvalue weighted by atomic mass is 32.3. The topological polar surface area (TPSA) is 394 Å². The van der Waals surface area contributed by atoms with Crippen molar-refractivity contribution < 1.29 is 78.4 Å². The first-order chi connectivity index (χ1) is 27.1. The molecule has 0 saturated heterocycles. The Balaban J connectivity index is 1.63. The van der Waals surface area contributed by atoms with E-state index in [0.29, 0.717) is 18.2 Å². The van der Waals surface area contributed by atoms with E-state index >= 15 is 0 Å². The number of sulfone groups is 1. The molecule has 0 atom stereocenters. The summed E-state index contributed by atoms with van der Waals surface area (Å²) in [6, 6.07) is 8.24. The van der Waals surface area contributed by atoms with Gasteiger partial charge in [-0.15, -0.1) is 15.3 Å². The van der Waals surface area contributed by atoms with Crippen molar-refractivity contribution in [2.24, 2.45) is 20.5 Å². The van der Waals surface area contributed by atoms with E-state index in [9.17, 15) is 69.6 Å². The van der Waals surface area contributed by atoms with Gasteiger partial charge in [0.05, 0.1) is 34.0 Å². The van der Waals surface area contributed by atoms with Crippen LogP contribution in [0.2, 0.25) is 0 Å². The summed E-state index contributed by atoms with van der Waals surface area (Å²) in [7, 11) is -25.0. The predicted molar refractivity (Wildman–Crippen MR) is 195 cm³/mol. The molecular formula is C28H22F2N8O16S5. The molecule has 0 saturated carbocycles. The van der Waals surface area contributed by atoms with Crippen LogP contribution in [0, 0.1) is 12.0 Å². The highest BCUT2D eigenvalue weighted by Gasteiger charge is 2.28. The number of azo groups is 2. The number of nitrogen functional groups attached to an aromatic ring is 1.